The van der Waals surface area contributed by atoms with Gasteiger partial charge in [0.15, 0.2) is 0 Å². The Hall–Kier alpha value is -1.66. The molecule has 0 bridgehead atoms. The summed E-state index contributed by atoms with van der Waals surface area (Å²) in [7, 11) is 1.82. The van der Waals surface area contributed by atoms with Gasteiger partial charge in [-0.2, -0.15) is 5.10 Å². The summed E-state index contributed by atoms with van der Waals surface area (Å²) in [5, 5.41) is 4.78. The van der Waals surface area contributed by atoms with Crippen molar-refractivity contribution in [3.8, 4) is 0 Å². The second-order valence-corrected chi connectivity index (χ2v) is 5.62. The lowest BCUT2D eigenvalue weighted by atomic mass is 10.2. The predicted molar refractivity (Wildman–Crippen MR) is 81.0 cm³/mol. The molecule has 0 atom stereocenters. The van der Waals surface area contributed by atoms with E-state index in [-0.39, 0.29) is 10.8 Å². The Kier molecular flexibility index (Phi) is 3.35. The molecule has 1 aromatic carbocycles. The van der Waals surface area contributed by atoms with Gasteiger partial charge in [0.25, 0.3) is 5.56 Å². The van der Waals surface area contributed by atoms with Gasteiger partial charge in [-0.25, -0.2) is 4.98 Å². The molecule has 0 aliphatic carbocycles. The van der Waals surface area contributed by atoms with Crippen molar-refractivity contribution >= 4 is 38.4 Å². The van der Waals surface area contributed by atoms with Crippen LogP contribution in [0.3, 0.4) is 0 Å². The van der Waals surface area contributed by atoms with Crippen molar-refractivity contribution in [2.75, 3.05) is 0 Å². The van der Waals surface area contributed by atoms with Gasteiger partial charge in [0.2, 0.25) is 5.28 Å². The fraction of sp³-hybridized carbons (Fsp3) is 0.154. The molecule has 0 saturated heterocycles. The lowest BCUT2D eigenvalue weighted by Gasteiger charge is -2.08. The molecule has 0 N–H and O–H groups in total. The topological polar surface area (TPSA) is 52.7 Å². The molecule has 0 unspecified atom stereocenters. The summed E-state index contributed by atoms with van der Waals surface area (Å²) in [4.78, 5) is 16.8. The van der Waals surface area contributed by atoms with Gasteiger partial charge in [0, 0.05) is 23.3 Å². The van der Waals surface area contributed by atoms with Crippen molar-refractivity contribution in [1.29, 1.82) is 0 Å². The fourth-order valence-corrected chi connectivity index (χ4v) is 2.73. The number of hydrogen-bond acceptors (Lipinski definition) is 3. The third-order valence-electron chi connectivity index (χ3n) is 2.99. The molecule has 0 saturated carbocycles. The maximum absolute atomic E-state index is 12.5. The average molecular weight is 354 g/mol. The van der Waals surface area contributed by atoms with Crippen molar-refractivity contribution in [2.24, 2.45) is 7.05 Å². The lowest BCUT2D eigenvalue weighted by molar-refractivity contribution is 0.743. The molecular formula is C13H10BrClN4O. The average Bonchev–Trinajstić information content (AvgIpc) is 2.82. The molecule has 3 rings (SSSR count). The van der Waals surface area contributed by atoms with Crippen LogP contribution in [0.5, 0.6) is 0 Å². The number of fused-ring (bicyclic) bond motifs is 1. The Balaban J connectivity index is 2.19. The second kappa shape index (κ2) is 5.03. The second-order valence-electron chi connectivity index (χ2n) is 4.43. The number of nitrogens with zero attached hydrogens (tertiary/aromatic N) is 4. The smallest absolute Gasteiger partial charge is 0.262 e. The molecule has 2 heterocycles. The minimum Gasteiger partial charge on any atom is -0.278 e. The Morgan fingerprint density at radius 2 is 2.20 bits per heavy atom. The number of para-hydroxylation sites is 1. The summed E-state index contributed by atoms with van der Waals surface area (Å²) < 4.78 is 3.87. The third-order valence-corrected chi connectivity index (χ3v) is 3.92. The van der Waals surface area contributed by atoms with Crippen LogP contribution in [0.15, 0.2) is 39.9 Å². The first-order valence-electron chi connectivity index (χ1n) is 5.88. The molecule has 0 spiro atoms. The number of benzene rings is 1. The SMILES string of the molecule is Cn1cc(Cn2c(Cl)nc3c(Br)cccc3c2=O)cn1. The molecule has 7 heteroatoms. The maximum Gasteiger partial charge on any atom is 0.262 e. The highest BCUT2D eigenvalue weighted by Crippen LogP contribution is 2.21. The maximum atomic E-state index is 12.5. The zero-order valence-electron chi connectivity index (χ0n) is 10.5. The summed E-state index contributed by atoms with van der Waals surface area (Å²) in [6.07, 6.45) is 3.54. The number of halogens is 2. The molecule has 20 heavy (non-hydrogen) atoms. The monoisotopic (exact) mass is 352 g/mol. The van der Waals surface area contributed by atoms with E-state index < -0.39 is 0 Å². The minimum absolute atomic E-state index is 0.162. The summed E-state index contributed by atoms with van der Waals surface area (Å²) in [5.74, 6) is 0. The Bertz CT molecular complexity index is 855. The van der Waals surface area contributed by atoms with Crippen molar-refractivity contribution in [2.45, 2.75) is 6.54 Å². The van der Waals surface area contributed by atoms with Gasteiger partial charge in [-0.05, 0) is 39.7 Å². The summed E-state index contributed by atoms with van der Waals surface area (Å²) >= 11 is 9.52. The molecule has 0 aliphatic rings. The fourth-order valence-electron chi connectivity index (χ4n) is 2.06. The third kappa shape index (κ3) is 2.25. The van der Waals surface area contributed by atoms with E-state index >= 15 is 0 Å². The number of aromatic nitrogens is 4. The van der Waals surface area contributed by atoms with E-state index in [9.17, 15) is 4.79 Å². The van der Waals surface area contributed by atoms with Gasteiger partial charge in [0.05, 0.1) is 23.6 Å². The van der Waals surface area contributed by atoms with Crippen LogP contribution in [-0.4, -0.2) is 19.3 Å². The Labute approximate surface area is 127 Å². The van der Waals surface area contributed by atoms with Crippen LogP contribution < -0.4 is 5.56 Å². The molecule has 0 aliphatic heterocycles. The van der Waals surface area contributed by atoms with E-state index in [1.54, 1.807) is 23.0 Å². The molecule has 2 aromatic heterocycles. The molecule has 0 radical (unpaired) electrons. The number of aryl methyl sites for hydroxylation is 1. The molecule has 5 nitrogen and oxygen atoms in total. The number of hydrogen-bond donors (Lipinski definition) is 0. The summed E-state index contributed by atoms with van der Waals surface area (Å²) in [6.45, 7) is 0.348. The standard InChI is InChI=1S/C13H10BrClN4O/c1-18-6-8(5-16-18)7-19-12(20)9-3-2-4-10(14)11(9)17-13(19)15/h2-6H,7H2,1H3. The largest absolute Gasteiger partial charge is 0.278 e. The minimum atomic E-state index is -0.162. The highest BCUT2D eigenvalue weighted by molar-refractivity contribution is 9.10. The van der Waals surface area contributed by atoms with Crippen LogP contribution in [0.1, 0.15) is 5.56 Å². The molecule has 0 amide bonds. The van der Waals surface area contributed by atoms with Gasteiger partial charge >= 0.3 is 0 Å². The number of rotatable bonds is 2. The van der Waals surface area contributed by atoms with Gasteiger partial charge in [0.1, 0.15) is 0 Å². The van der Waals surface area contributed by atoms with Crippen LogP contribution >= 0.6 is 27.5 Å². The van der Waals surface area contributed by atoms with E-state index in [4.69, 9.17) is 11.6 Å². The van der Waals surface area contributed by atoms with Crippen molar-refractivity contribution in [1.82, 2.24) is 19.3 Å². The first-order valence-corrected chi connectivity index (χ1v) is 7.05. The van der Waals surface area contributed by atoms with Crippen LogP contribution in [-0.2, 0) is 13.6 Å². The Morgan fingerprint density at radius 3 is 2.90 bits per heavy atom. The van der Waals surface area contributed by atoms with Gasteiger partial charge in [-0.15, -0.1) is 0 Å². The molecule has 102 valence electrons. The van der Waals surface area contributed by atoms with Crippen LogP contribution in [0.25, 0.3) is 10.9 Å². The highest BCUT2D eigenvalue weighted by Gasteiger charge is 2.12. The van der Waals surface area contributed by atoms with E-state index in [1.165, 1.54) is 4.57 Å². The first-order chi connectivity index (χ1) is 9.56. The van der Waals surface area contributed by atoms with E-state index in [1.807, 2.05) is 19.3 Å². The summed E-state index contributed by atoms with van der Waals surface area (Å²) in [6, 6.07) is 5.37. The van der Waals surface area contributed by atoms with Crippen LogP contribution in [0, 0.1) is 0 Å². The molecule has 3 aromatic rings. The van der Waals surface area contributed by atoms with Crippen LogP contribution in [0.4, 0.5) is 0 Å². The van der Waals surface area contributed by atoms with Crippen molar-refractivity contribution in [3.05, 3.63) is 56.3 Å². The van der Waals surface area contributed by atoms with Crippen molar-refractivity contribution in [3.63, 3.8) is 0 Å². The first kappa shape index (κ1) is 13.3. The van der Waals surface area contributed by atoms with Gasteiger partial charge in [-0.1, -0.05) is 6.07 Å². The summed E-state index contributed by atoms with van der Waals surface area (Å²) in [5.41, 5.74) is 1.31. The molecular weight excluding hydrogens is 344 g/mol. The molecule has 0 fully saturated rings. The lowest BCUT2D eigenvalue weighted by Crippen LogP contribution is -2.22. The van der Waals surface area contributed by atoms with Gasteiger partial charge in [-0.3, -0.25) is 14.0 Å². The zero-order chi connectivity index (χ0) is 14.3. The van der Waals surface area contributed by atoms with Crippen LogP contribution in [0.2, 0.25) is 5.28 Å². The highest BCUT2D eigenvalue weighted by atomic mass is 79.9. The zero-order valence-corrected chi connectivity index (χ0v) is 12.9. The van der Waals surface area contributed by atoms with Crippen molar-refractivity contribution < 1.29 is 0 Å². The quantitative estimate of drug-likeness (QED) is 0.666. The Morgan fingerprint density at radius 1 is 1.40 bits per heavy atom. The predicted octanol–water partition coefficient (Wildman–Crippen LogP) is 2.59. The van der Waals surface area contributed by atoms with E-state index in [0.29, 0.717) is 17.4 Å². The van der Waals surface area contributed by atoms with E-state index in [2.05, 4.69) is 26.0 Å². The van der Waals surface area contributed by atoms with Gasteiger partial charge < -0.3 is 0 Å². The van der Waals surface area contributed by atoms with E-state index in [0.717, 1.165) is 10.0 Å². The normalized spacial score (nSPS) is 11.2.